The molecule has 2 atom stereocenters. The lowest BCUT2D eigenvalue weighted by molar-refractivity contribution is -0.142. The average Bonchev–Trinajstić information content (AvgIpc) is 3.33. The van der Waals surface area contributed by atoms with Gasteiger partial charge in [-0.05, 0) is 79.8 Å². The summed E-state index contributed by atoms with van der Waals surface area (Å²) in [5, 5.41) is 11.0. The minimum absolute atomic E-state index is 0.0957. The number of aryl methyl sites for hydroxylation is 2. The third-order valence-corrected chi connectivity index (χ3v) is 8.55. The standard InChI is InChI=1S/C34H48O4/c1-7-11-12-20-33(36,8-2)21-19-27-13-14-28(22-25(27)5)34(9-3,10-4)29-15-17-31(26(6)23-29)37-24-30-16-18-32(35)38-30/h13-15,17,19,21-23,30,36H,7-12,16,18,20,24H2,1-6H3/t30-,33?/m0/s1. The predicted molar refractivity (Wildman–Crippen MR) is 157 cm³/mol. The zero-order valence-electron chi connectivity index (χ0n) is 24.4. The van der Waals surface area contributed by atoms with Crippen LogP contribution in [0.3, 0.4) is 0 Å². The Morgan fingerprint density at radius 3 is 2.21 bits per heavy atom. The molecular weight excluding hydrogens is 472 g/mol. The van der Waals surface area contributed by atoms with Gasteiger partial charge in [-0.15, -0.1) is 0 Å². The van der Waals surface area contributed by atoms with E-state index in [1.54, 1.807) is 0 Å². The molecule has 208 valence electrons. The highest BCUT2D eigenvalue weighted by Gasteiger charge is 2.32. The molecule has 1 aliphatic heterocycles. The van der Waals surface area contributed by atoms with Crippen molar-refractivity contribution < 1.29 is 19.4 Å². The van der Waals surface area contributed by atoms with Gasteiger partial charge in [-0.1, -0.05) is 89.4 Å². The van der Waals surface area contributed by atoms with Crippen LogP contribution < -0.4 is 4.74 Å². The maximum Gasteiger partial charge on any atom is 0.306 e. The van der Waals surface area contributed by atoms with Crippen molar-refractivity contribution in [1.29, 1.82) is 0 Å². The van der Waals surface area contributed by atoms with E-state index in [4.69, 9.17) is 9.47 Å². The SMILES string of the molecule is CCCCCC(O)(C=Cc1ccc(C(CC)(CC)c2ccc(OC[C@@H]3CCC(=O)O3)c(C)c2)cc1C)CC. The fourth-order valence-electron chi connectivity index (χ4n) is 5.69. The van der Waals surface area contributed by atoms with Crippen LogP contribution in [0, 0.1) is 13.8 Å². The fraction of sp³-hybridized carbons (Fsp3) is 0.559. The Bertz CT molecular complexity index is 1100. The number of hydrogen-bond acceptors (Lipinski definition) is 4. The molecule has 0 aromatic heterocycles. The van der Waals surface area contributed by atoms with Crippen molar-refractivity contribution in [2.24, 2.45) is 0 Å². The molecule has 1 N–H and O–H groups in total. The monoisotopic (exact) mass is 520 g/mol. The van der Waals surface area contributed by atoms with Gasteiger partial charge in [-0.25, -0.2) is 0 Å². The van der Waals surface area contributed by atoms with Gasteiger partial charge in [0.05, 0.1) is 5.60 Å². The van der Waals surface area contributed by atoms with Gasteiger partial charge in [0.1, 0.15) is 18.5 Å². The number of ether oxygens (including phenoxy) is 2. The third-order valence-electron chi connectivity index (χ3n) is 8.55. The molecule has 0 aliphatic carbocycles. The minimum Gasteiger partial charge on any atom is -0.489 e. The van der Waals surface area contributed by atoms with Crippen molar-refractivity contribution in [2.45, 2.75) is 116 Å². The summed E-state index contributed by atoms with van der Waals surface area (Å²) in [5.74, 6) is 0.711. The van der Waals surface area contributed by atoms with E-state index < -0.39 is 5.60 Å². The lowest BCUT2D eigenvalue weighted by atomic mass is 9.70. The zero-order valence-corrected chi connectivity index (χ0v) is 24.4. The molecule has 1 aliphatic rings. The topological polar surface area (TPSA) is 55.8 Å². The van der Waals surface area contributed by atoms with E-state index >= 15 is 0 Å². The summed E-state index contributed by atoms with van der Waals surface area (Å²) in [5.41, 5.74) is 5.25. The second kappa shape index (κ2) is 13.5. The average molecular weight is 521 g/mol. The molecule has 0 radical (unpaired) electrons. The summed E-state index contributed by atoms with van der Waals surface area (Å²) >= 11 is 0. The van der Waals surface area contributed by atoms with Crippen LogP contribution in [0.5, 0.6) is 5.75 Å². The van der Waals surface area contributed by atoms with Gasteiger partial charge >= 0.3 is 5.97 Å². The molecule has 1 heterocycles. The zero-order chi connectivity index (χ0) is 27.8. The lowest BCUT2D eigenvalue weighted by Crippen LogP contribution is -2.26. The molecule has 2 aromatic carbocycles. The first-order valence-electron chi connectivity index (χ1n) is 14.7. The normalized spacial score (nSPS) is 17.6. The Morgan fingerprint density at radius 1 is 0.974 bits per heavy atom. The summed E-state index contributed by atoms with van der Waals surface area (Å²) in [7, 11) is 0. The van der Waals surface area contributed by atoms with E-state index in [-0.39, 0.29) is 17.5 Å². The molecular formula is C34H48O4. The molecule has 0 spiro atoms. The van der Waals surface area contributed by atoms with Gasteiger partial charge in [0.25, 0.3) is 0 Å². The van der Waals surface area contributed by atoms with Crippen molar-refractivity contribution in [3.05, 3.63) is 70.3 Å². The number of hydrogen-bond donors (Lipinski definition) is 1. The highest BCUT2D eigenvalue weighted by molar-refractivity contribution is 5.71. The number of unbranched alkanes of at least 4 members (excludes halogenated alkanes) is 2. The summed E-state index contributed by atoms with van der Waals surface area (Å²) in [6.07, 6.45) is 12.1. The van der Waals surface area contributed by atoms with Crippen LogP contribution in [0.4, 0.5) is 0 Å². The van der Waals surface area contributed by atoms with Gasteiger partial charge in [0.2, 0.25) is 0 Å². The highest BCUT2D eigenvalue weighted by atomic mass is 16.6. The summed E-state index contributed by atoms with van der Waals surface area (Å²) in [6, 6.07) is 13.3. The molecule has 1 saturated heterocycles. The molecule has 0 amide bonds. The first-order valence-corrected chi connectivity index (χ1v) is 14.7. The second-order valence-electron chi connectivity index (χ2n) is 11.0. The van der Waals surface area contributed by atoms with Crippen LogP contribution in [0.1, 0.15) is 113 Å². The molecule has 2 aromatic rings. The summed E-state index contributed by atoms with van der Waals surface area (Å²) in [6.45, 7) is 13.4. The number of aliphatic hydroxyl groups is 1. The maximum absolute atomic E-state index is 11.4. The molecule has 3 rings (SSSR count). The lowest BCUT2D eigenvalue weighted by Gasteiger charge is -2.34. The number of benzene rings is 2. The Morgan fingerprint density at radius 2 is 1.66 bits per heavy atom. The van der Waals surface area contributed by atoms with Crippen LogP contribution in [0.25, 0.3) is 6.08 Å². The van der Waals surface area contributed by atoms with Crippen LogP contribution in [0.2, 0.25) is 0 Å². The van der Waals surface area contributed by atoms with Crippen molar-refractivity contribution in [2.75, 3.05) is 6.61 Å². The number of rotatable bonds is 14. The quantitative estimate of drug-likeness (QED) is 0.201. The van der Waals surface area contributed by atoms with Crippen molar-refractivity contribution >= 4 is 12.0 Å². The Kier molecular flexibility index (Phi) is 10.6. The number of carbonyl (C=O) groups is 1. The van der Waals surface area contributed by atoms with Crippen LogP contribution in [-0.4, -0.2) is 29.4 Å². The first kappa shape index (κ1) is 30.0. The maximum atomic E-state index is 11.4. The van der Waals surface area contributed by atoms with Crippen LogP contribution >= 0.6 is 0 Å². The smallest absolute Gasteiger partial charge is 0.306 e. The van der Waals surface area contributed by atoms with Crippen molar-refractivity contribution in [1.82, 2.24) is 0 Å². The van der Waals surface area contributed by atoms with Crippen molar-refractivity contribution in [3.63, 3.8) is 0 Å². The third kappa shape index (κ3) is 7.08. The van der Waals surface area contributed by atoms with Gasteiger partial charge in [-0.2, -0.15) is 0 Å². The first-order chi connectivity index (χ1) is 18.2. The van der Waals surface area contributed by atoms with Gasteiger partial charge in [0, 0.05) is 11.8 Å². The molecule has 38 heavy (non-hydrogen) atoms. The molecule has 4 nitrogen and oxygen atoms in total. The Hall–Kier alpha value is -2.59. The van der Waals surface area contributed by atoms with E-state index in [1.165, 1.54) is 16.7 Å². The Balaban J connectivity index is 1.81. The number of carbonyl (C=O) groups excluding carboxylic acids is 1. The van der Waals surface area contributed by atoms with E-state index in [2.05, 4.69) is 84.0 Å². The number of cyclic esters (lactones) is 1. The second-order valence-corrected chi connectivity index (χ2v) is 11.0. The van der Waals surface area contributed by atoms with Gasteiger partial charge in [0.15, 0.2) is 0 Å². The van der Waals surface area contributed by atoms with Gasteiger partial charge in [-0.3, -0.25) is 4.79 Å². The largest absolute Gasteiger partial charge is 0.489 e. The summed E-state index contributed by atoms with van der Waals surface area (Å²) < 4.78 is 11.3. The molecule has 0 saturated carbocycles. The minimum atomic E-state index is -0.738. The van der Waals surface area contributed by atoms with E-state index in [0.717, 1.165) is 68.2 Å². The van der Waals surface area contributed by atoms with E-state index in [0.29, 0.717) is 13.0 Å². The molecule has 4 heteroatoms. The molecule has 1 unspecified atom stereocenters. The molecule has 1 fully saturated rings. The van der Waals surface area contributed by atoms with E-state index in [1.807, 2.05) is 6.08 Å². The fourth-order valence-corrected chi connectivity index (χ4v) is 5.69. The predicted octanol–water partition coefficient (Wildman–Crippen LogP) is 8.23. The molecule has 0 bridgehead atoms. The van der Waals surface area contributed by atoms with Crippen LogP contribution in [-0.2, 0) is 14.9 Å². The summed E-state index contributed by atoms with van der Waals surface area (Å²) in [4.78, 5) is 11.4. The highest BCUT2D eigenvalue weighted by Crippen LogP contribution is 2.41. The van der Waals surface area contributed by atoms with Gasteiger partial charge < -0.3 is 14.6 Å². The van der Waals surface area contributed by atoms with Crippen LogP contribution in [0.15, 0.2) is 42.5 Å². The number of esters is 1. The van der Waals surface area contributed by atoms with E-state index in [9.17, 15) is 9.90 Å². The Labute approximate surface area is 230 Å². The van der Waals surface area contributed by atoms with Crippen molar-refractivity contribution in [3.8, 4) is 5.75 Å².